The zero-order valence-electron chi connectivity index (χ0n) is 14.4. The zero-order valence-corrected chi connectivity index (χ0v) is 14.4. The second-order valence-electron chi connectivity index (χ2n) is 5.80. The Bertz CT molecular complexity index is 836. The fraction of sp³-hybridized carbons (Fsp3) is 0.200. The van der Waals surface area contributed by atoms with Gasteiger partial charge in [0.2, 0.25) is 5.95 Å². The molecule has 1 N–H and O–H groups in total. The van der Waals surface area contributed by atoms with Gasteiger partial charge in [-0.2, -0.15) is 4.98 Å². The van der Waals surface area contributed by atoms with Crippen LogP contribution in [0.15, 0.2) is 60.7 Å². The third-order valence-corrected chi connectivity index (χ3v) is 3.86. The molecule has 0 bridgehead atoms. The normalized spacial score (nSPS) is 10.5. The Kier molecular flexibility index (Phi) is 5.23. The molecule has 1 aromatic heterocycles. The Morgan fingerprint density at radius 1 is 1.00 bits per heavy atom. The number of nitrogens with zero attached hydrogens (tertiary/aromatic N) is 3. The van der Waals surface area contributed by atoms with Gasteiger partial charge in [0, 0.05) is 24.8 Å². The minimum atomic E-state index is -0.308. The standard InChI is InChI=1S/C20H21FN4/c1-3-25(14-16-9-5-4-6-10-16)20-22-15(2)13-19(24-20)23-18-12-8-7-11-17(18)21/h4-13H,3,14H2,1-2H3,(H,22,23,24). The second kappa shape index (κ2) is 7.75. The number of halogens is 1. The van der Waals surface area contributed by atoms with Gasteiger partial charge in [-0.25, -0.2) is 9.37 Å². The lowest BCUT2D eigenvalue weighted by atomic mass is 10.2. The number of aryl methyl sites for hydroxylation is 1. The highest BCUT2D eigenvalue weighted by Crippen LogP contribution is 2.21. The van der Waals surface area contributed by atoms with E-state index in [1.807, 2.05) is 31.2 Å². The molecule has 0 aliphatic carbocycles. The number of nitrogens with one attached hydrogen (secondary N) is 1. The van der Waals surface area contributed by atoms with E-state index in [0.29, 0.717) is 17.5 Å². The minimum Gasteiger partial charge on any atom is -0.338 e. The molecule has 3 rings (SSSR count). The summed E-state index contributed by atoms with van der Waals surface area (Å²) in [6.45, 7) is 5.48. The van der Waals surface area contributed by atoms with Crippen molar-refractivity contribution >= 4 is 17.5 Å². The summed E-state index contributed by atoms with van der Waals surface area (Å²) in [4.78, 5) is 11.2. The Balaban J connectivity index is 1.86. The number of benzene rings is 2. The molecule has 25 heavy (non-hydrogen) atoms. The van der Waals surface area contributed by atoms with E-state index in [9.17, 15) is 4.39 Å². The molecule has 0 saturated carbocycles. The molecule has 128 valence electrons. The van der Waals surface area contributed by atoms with Crippen LogP contribution >= 0.6 is 0 Å². The van der Waals surface area contributed by atoms with Crippen LogP contribution in [-0.4, -0.2) is 16.5 Å². The number of hydrogen-bond donors (Lipinski definition) is 1. The van der Waals surface area contributed by atoms with Crippen LogP contribution in [0.3, 0.4) is 0 Å². The highest BCUT2D eigenvalue weighted by molar-refractivity contribution is 5.58. The summed E-state index contributed by atoms with van der Waals surface area (Å²) < 4.78 is 13.9. The predicted molar refractivity (Wildman–Crippen MR) is 99.6 cm³/mol. The number of para-hydroxylation sites is 1. The van der Waals surface area contributed by atoms with Crippen molar-refractivity contribution in [2.75, 3.05) is 16.8 Å². The van der Waals surface area contributed by atoms with Gasteiger partial charge >= 0.3 is 0 Å². The number of rotatable bonds is 6. The van der Waals surface area contributed by atoms with E-state index in [2.05, 4.69) is 39.2 Å². The second-order valence-corrected chi connectivity index (χ2v) is 5.80. The third kappa shape index (κ3) is 4.32. The Hall–Kier alpha value is -2.95. The van der Waals surface area contributed by atoms with Crippen LogP contribution in [0.4, 0.5) is 21.8 Å². The largest absolute Gasteiger partial charge is 0.338 e. The summed E-state index contributed by atoms with van der Waals surface area (Å²) in [6.07, 6.45) is 0. The van der Waals surface area contributed by atoms with Gasteiger partial charge in [0.1, 0.15) is 11.6 Å². The van der Waals surface area contributed by atoms with E-state index in [0.717, 1.165) is 18.8 Å². The maximum absolute atomic E-state index is 13.9. The summed E-state index contributed by atoms with van der Waals surface area (Å²) in [5.74, 6) is 0.904. The maximum Gasteiger partial charge on any atom is 0.227 e. The predicted octanol–water partition coefficient (Wildman–Crippen LogP) is 4.69. The molecule has 0 amide bonds. The van der Waals surface area contributed by atoms with Crippen molar-refractivity contribution in [3.63, 3.8) is 0 Å². The smallest absolute Gasteiger partial charge is 0.227 e. The molecule has 1 heterocycles. The lowest BCUT2D eigenvalue weighted by molar-refractivity contribution is 0.632. The molecule has 2 aromatic carbocycles. The van der Waals surface area contributed by atoms with Crippen molar-refractivity contribution in [2.45, 2.75) is 20.4 Å². The van der Waals surface area contributed by atoms with Gasteiger partial charge in [-0.05, 0) is 31.5 Å². The molecule has 5 heteroatoms. The molecule has 0 spiro atoms. The molecule has 3 aromatic rings. The molecule has 4 nitrogen and oxygen atoms in total. The quantitative estimate of drug-likeness (QED) is 0.709. The van der Waals surface area contributed by atoms with Crippen molar-refractivity contribution in [2.24, 2.45) is 0 Å². The molecule has 0 radical (unpaired) electrons. The average molecular weight is 336 g/mol. The SMILES string of the molecule is CCN(Cc1ccccc1)c1nc(C)cc(Nc2ccccc2F)n1. The maximum atomic E-state index is 13.9. The molecule has 0 aliphatic rings. The number of aromatic nitrogens is 2. The lowest BCUT2D eigenvalue weighted by Gasteiger charge is -2.22. The molecule has 0 unspecified atom stereocenters. The highest BCUT2D eigenvalue weighted by atomic mass is 19.1. The van der Waals surface area contributed by atoms with Crippen LogP contribution in [0, 0.1) is 12.7 Å². The Morgan fingerprint density at radius 2 is 1.72 bits per heavy atom. The van der Waals surface area contributed by atoms with E-state index in [-0.39, 0.29) is 5.82 Å². The molecular formula is C20H21FN4. The molecule has 0 atom stereocenters. The summed E-state index contributed by atoms with van der Waals surface area (Å²) in [6, 6.07) is 18.6. The van der Waals surface area contributed by atoms with E-state index >= 15 is 0 Å². The van der Waals surface area contributed by atoms with Crippen molar-refractivity contribution < 1.29 is 4.39 Å². The first-order valence-electron chi connectivity index (χ1n) is 8.32. The monoisotopic (exact) mass is 336 g/mol. The van der Waals surface area contributed by atoms with Gasteiger partial charge in [-0.15, -0.1) is 0 Å². The van der Waals surface area contributed by atoms with Crippen molar-refractivity contribution in [3.05, 3.63) is 77.7 Å². The fourth-order valence-electron chi connectivity index (χ4n) is 2.59. The van der Waals surface area contributed by atoms with Crippen LogP contribution in [0.1, 0.15) is 18.2 Å². The molecule has 0 fully saturated rings. The van der Waals surface area contributed by atoms with Gasteiger partial charge in [0.25, 0.3) is 0 Å². The first-order valence-corrected chi connectivity index (χ1v) is 8.32. The van der Waals surface area contributed by atoms with Gasteiger partial charge in [0.15, 0.2) is 0 Å². The molecule has 0 saturated heterocycles. The average Bonchev–Trinajstić information content (AvgIpc) is 2.62. The highest BCUT2D eigenvalue weighted by Gasteiger charge is 2.11. The van der Waals surface area contributed by atoms with E-state index in [1.54, 1.807) is 18.2 Å². The first-order chi connectivity index (χ1) is 12.2. The van der Waals surface area contributed by atoms with Crippen molar-refractivity contribution in [3.8, 4) is 0 Å². The van der Waals surface area contributed by atoms with Gasteiger partial charge in [0.05, 0.1) is 5.69 Å². The van der Waals surface area contributed by atoms with Crippen molar-refractivity contribution in [1.82, 2.24) is 9.97 Å². The van der Waals surface area contributed by atoms with Crippen LogP contribution < -0.4 is 10.2 Å². The van der Waals surface area contributed by atoms with Gasteiger partial charge < -0.3 is 10.2 Å². The number of hydrogen-bond acceptors (Lipinski definition) is 4. The summed E-state index contributed by atoms with van der Waals surface area (Å²) in [5.41, 5.74) is 2.42. The van der Waals surface area contributed by atoms with Crippen LogP contribution in [0.5, 0.6) is 0 Å². The lowest BCUT2D eigenvalue weighted by Crippen LogP contribution is -2.24. The zero-order chi connectivity index (χ0) is 17.6. The van der Waals surface area contributed by atoms with Crippen molar-refractivity contribution in [1.29, 1.82) is 0 Å². The van der Waals surface area contributed by atoms with Gasteiger partial charge in [-0.3, -0.25) is 0 Å². The van der Waals surface area contributed by atoms with Crippen LogP contribution in [-0.2, 0) is 6.54 Å². The topological polar surface area (TPSA) is 41.1 Å². The van der Waals surface area contributed by atoms with Crippen LogP contribution in [0.25, 0.3) is 0 Å². The molecular weight excluding hydrogens is 315 g/mol. The Labute approximate surface area is 147 Å². The summed E-state index contributed by atoms with van der Waals surface area (Å²) in [7, 11) is 0. The Morgan fingerprint density at radius 3 is 2.44 bits per heavy atom. The summed E-state index contributed by atoms with van der Waals surface area (Å²) >= 11 is 0. The minimum absolute atomic E-state index is 0.308. The fourth-order valence-corrected chi connectivity index (χ4v) is 2.59. The number of anilines is 3. The van der Waals surface area contributed by atoms with E-state index in [1.165, 1.54) is 11.6 Å². The van der Waals surface area contributed by atoms with E-state index < -0.39 is 0 Å². The third-order valence-electron chi connectivity index (χ3n) is 3.86. The van der Waals surface area contributed by atoms with Gasteiger partial charge in [-0.1, -0.05) is 42.5 Å². The first kappa shape index (κ1) is 16.9. The summed E-state index contributed by atoms with van der Waals surface area (Å²) in [5, 5.41) is 3.04. The van der Waals surface area contributed by atoms with E-state index in [4.69, 9.17) is 0 Å². The molecule has 0 aliphatic heterocycles. The van der Waals surface area contributed by atoms with Crippen LogP contribution in [0.2, 0.25) is 0 Å².